The summed E-state index contributed by atoms with van der Waals surface area (Å²) < 4.78 is 15.6. The molecule has 2 aromatic rings. The van der Waals surface area contributed by atoms with Gasteiger partial charge in [-0.2, -0.15) is 0 Å². The topological polar surface area (TPSA) is 56.8 Å². The Morgan fingerprint density at radius 3 is 2.46 bits per heavy atom. The fraction of sp³-hybridized carbons (Fsp3) is 0.316. The van der Waals surface area contributed by atoms with Crippen LogP contribution >= 0.6 is 0 Å². The summed E-state index contributed by atoms with van der Waals surface area (Å²) in [5.74, 6) is 1.87. The maximum atomic E-state index is 12.2. The molecule has 128 valence electrons. The van der Waals surface area contributed by atoms with Crippen molar-refractivity contribution in [2.75, 3.05) is 27.9 Å². The van der Waals surface area contributed by atoms with E-state index in [4.69, 9.17) is 14.2 Å². The van der Waals surface area contributed by atoms with E-state index in [1.54, 1.807) is 39.5 Å². The number of carbonyl (C=O) groups excluding carboxylic acids is 1. The van der Waals surface area contributed by atoms with E-state index in [1.807, 2.05) is 18.2 Å². The van der Waals surface area contributed by atoms with Crippen LogP contribution in [0.15, 0.2) is 42.5 Å². The third-order valence-corrected chi connectivity index (χ3v) is 3.71. The molecule has 0 aromatic heterocycles. The molecular formula is C19H23NO4. The summed E-state index contributed by atoms with van der Waals surface area (Å²) in [4.78, 5) is 12.2. The van der Waals surface area contributed by atoms with Gasteiger partial charge in [-0.15, -0.1) is 0 Å². The molecule has 0 saturated carbocycles. The highest BCUT2D eigenvalue weighted by molar-refractivity contribution is 5.94. The minimum Gasteiger partial charge on any atom is -0.497 e. The molecule has 0 fully saturated rings. The number of hydrogen-bond acceptors (Lipinski definition) is 4. The van der Waals surface area contributed by atoms with Gasteiger partial charge >= 0.3 is 0 Å². The molecule has 0 bridgehead atoms. The van der Waals surface area contributed by atoms with Crippen molar-refractivity contribution < 1.29 is 19.0 Å². The Morgan fingerprint density at radius 1 is 0.958 bits per heavy atom. The summed E-state index contributed by atoms with van der Waals surface area (Å²) in [6.45, 7) is 0.602. The summed E-state index contributed by atoms with van der Waals surface area (Å²) in [6.07, 6.45) is 1.73. The van der Waals surface area contributed by atoms with Crippen LogP contribution in [0, 0.1) is 0 Å². The zero-order valence-electron chi connectivity index (χ0n) is 14.3. The normalized spacial score (nSPS) is 10.1. The van der Waals surface area contributed by atoms with Gasteiger partial charge in [0.25, 0.3) is 5.91 Å². The van der Waals surface area contributed by atoms with Gasteiger partial charge in [0.1, 0.15) is 5.75 Å². The van der Waals surface area contributed by atoms with Crippen LogP contribution in [0.2, 0.25) is 0 Å². The minimum absolute atomic E-state index is 0.124. The van der Waals surface area contributed by atoms with Gasteiger partial charge in [0.05, 0.1) is 21.3 Å². The molecule has 2 rings (SSSR count). The van der Waals surface area contributed by atoms with Gasteiger partial charge in [-0.25, -0.2) is 0 Å². The van der Waals surface area contributed by atoms with E-state index in [0.717, 1.165) is 18.6 Å². The Bertz CT molecular complexity index is 685. The molecule has 0 aliphatic heterocycles. The second kappa shape index (κ2) is 8.82. The first kappa shape index (κ1) is 17.7. The van der Waals surface area contributed by atoms with Crippen LogP contribution in [0.5, 0.6) is 17.2 Å². The van der Waals surface area contributed by atoms with Crippen molar-refractivity contribution in [2.24, 2.45) is 0 Å². The summed E-state index contributed by atoms with van der Waals surface area (Å²) in [7, 11) is 4.77. The lowest BCUT2D eigenvalue weighted by molar-refractivity contribution is 0.0953. The van der Waals surface area contributed by atoms with Crippen LogP contribution in [0.25, 0.3) is 0 Å². The molecule has 0 aliphatic carbocycles. The van der Waals surface area contributed by atoms with Crippen LogP contribution in [0.4, 0.5) is 0 Å². The quantitative estimate of drug-likeness (QED) is 0.756. The molecule has 1 amide bonds. The Kier molecular flexibility index (Phi) is 6.49. The van der Waals surface area contributed by atoms with Gasteiger partial charge in [0.2, 0.25) is 0 Å². The second-order valence-electron chi connectivity index (χ2n) is 5.28. The number of nitrogens with one attached hydrogen (secondary N) is 1. The maximum absolute atomic E-state index is 12.2. The van der Waals surface area contributed by atoms with E-state index >= 15 is 0 Å². The van der Waals surface area contributed by atoms with Gasteiger partial charge in [-0.05, 0) is 48.7 Å². The number of aryl methyl sites for hydroxylation is 1. The third kappa shape index (κ3) is 4.65. The molecule has 0 radical (unpaired) electrons. The van der Waals surface area contributed by atoms with E-state index in [0.29, 0.717) is 23.6 Å². The van der Waals surface area contributed by atoms with Crippen LogP contribution in [0.3, 0.4) is 0 Å². The van der Waals surface area contributed by atoms with Crippen molar-refractivity contribution in [2.45, 2.75) is 12.8 Å². The van der Waals surface area contributed by atoms with Crippen molar-refractivity contribution >= 4 is 5.91 Å². The lowest BCUT2D eigenvalue weighted by atomic mass is 10.1. The molecule has 0 spiro atoms. The first-order chi connectivity index (χ1) is 11.7. The number of ether oxygens (including phenoxy) is 3. The molecule has 1 N–H and O–H groups in total. The standard InChI is InChI=1S/C19H23NO4/c1-22-16-8-4-6-14(12-16)7-5-11-20-19(21)15-9-10-17(23-2)18(13-15)24-3/h4,6,8-10,12-13H,5,7,11H2,1-3H3,(H,20,21). The van der Waals surface area contributed by atoms with Gasteiger partial charge in [0.15, 0.2) is 11.5 Å². The first-order valence-electron chi connectivity index (χ1n) is 7.81. The average molecular weight is 329 g/mol. The molecule has 0 saturated heterocycles. The molecule has 0 heterocycles. The molecular weight excluding hydrogens is 306 g/mol. The minimum atomic E-state index is -0.124. The largest absolute Gasteiger partial charge is 0.497 e. The second-order valence-corrected chi connectivity index (χ2v) is 5.28. The number of benzene rings is 2. The highest BCUT2D eigenvalue weighted by Gasteiger charge is 2.10. The summed E-state index contributed by atoms with van der Waals surface area (Å²) >= 11 is 0. The molecule has 5 heteroatoms. The van der Waals surface area contributed by atoms with Crippen molar-refractivity contribution in [3.63, 3.8) is 0 Å². The Balaban J connectivity index is 1.84. The number of carbonyl (C=O) groups is 1. The molecule has 0 unspecified atom stereocenters. The Morgan fingerprint density at radius 2 is 1.75 bits per heavy atom. The van der Waals surface area contributed by atoms with Gasteiger partial charge < -0.3 is 19.5 Å². The lowest BCUT2D eigenvalue weighted by Crippen LogP contribution is -2.24. The van der Waals surface area contributed by atoms with Crippen LogP contribution in [0.1, 0.15) is 22.3 Å². The summed E-state index contributed by atoms with van der Waals surface area (Å²) in [6, 6.07) is 13.1. The molecule has 0 atom stereocenters. The van der Waals surface area contributed by atoms with Crippen molar-refractivity contribution in [1.82, 2.24) is 5.32 Å². The van der Waals surface area contributed by atoms with E-state index in [2.05, 4.69) is 11.4 Å². The highest BCUT2D eigenvalue weighted by Crippen LogP contribution is 2.27. The number of amides is 1. The van der Waals surface area contributed by atoms with Crippen molar-refractivity contribution in [3.05, 3.63) is 53.6 Å². The first-order valence-corrected chi connectivity index (χ1v) is 7.81. The van der Waals surface area contributed by atoms with E-state index in [9.17, 15) is 4.79 Å². The van der Waals surface area contributed by atoms with Gasteiger partial charge in [0, 0.05) is 12.1 Å². The van der Waals surface area contributed by atoms with E-state index < -0.39 is 0 Å². The number of methoxy groups -OCH3 is 3. The number of hydrogen-bond donors (Lipinski definition) is 1. The Labute approximate surface area is 142 Å². The predicted octanol–water partition coefficient (Wildman–Crippen LogP) is 3.08. The highest BCUT2D eigenvalue weighted by atomic mass is 16.5. The van der Waals surface area contributed by atoms with Crippen LogP contribution < -0.4 is 19.5 Å². The van der Waals surface area contributed by atoms with Gasteiger partial charge in [-0.3, -0.25) is 4.79 Å². The zero-order valence-corrected chi connectivity index (χ0v) is 14.3. The van der Waals surface area contributed by atoms with Crippen LogP contribution in [-0.4, -0.2) is 33.8 Å². The molecule has 2 aromatic carbocycles. The molecule has 24 heavy (non-hydrogen) atoms. The van der Waals surface area contributed by atoms with Gasteiger partial charge in [-0.1, -0.05) is 12.1 Å². The summed E-state index contributed by atoms with van der Waals surface area (Å²) in [5, 5.41) is 2.92. The lowest BCUT2D eigenvalue weighted by Gasteiger charge is -2.10. The number of rotatable bonds is 8. The summed E-state index contributed by atoms with van der Waals surface area (Å²) in [5.41, 5.74) is 1.74. The predicted molar refractivity (Wildman–Crippen MR) is 93.2 cm³/mol. The fourth-order valence-corrected chi connectivity index (χ4v) is 2.40. The molecule has 0 aliphatic rings. The Hall–Kier alpha value is -2.69. The SMILES string of the molecule is COc1cccc(CCCNC(=O)c2ccc(OC)c(OC)c2)c1. The van der Waals surface area contributed by atoms with E-state index in [-0.39, 0.29) is 5.91 Å². The third-order valence-electron chi connectivity index (χ3n) is 3.71. The monoisotopic (exact) mass is 329 g/mol. The maximum Gasteiger partial charge on any atom is 0.251 e. The average Bonchev–Trinajstić information content (AvgIpc) is 2.64. The van der Waals surface area contributed by atoms with Crippen molar-refractivity contribution in [3.8, 4) is 17.2 Å². The van der Waals surface area contributed by atoms with Crippen LogP contribution in [-0.2, 0) is 6.42 Å². The fourth-order valence-electron chi connectivity index (χ4n) is 2.40. The van der Waals surface area contributed by atoms with Crippen molar-refractivity contribution in [1.29, 1.82) is 0 Å². The smallest absolute Gasteiger partial charge is 0.251 e. The van der Waals surface area contributed by atoms with E-state index in [1.165, 1.54) is 5.56 Å². The molecule has 5 nitrogen and oxygen atoms in total. The zero-order chi connectivity index (χ0) is 17.4.